The van der Waals surface area contributed by atoms with Crippen LogP contribution < -0.4 is 0 Å². The van der Waals surface area contributed by atoms with Gasteiger partial charge in [-0.15, -0.1) is 0 Å². The van der Waals surface area contributed by atoms with Crippen LogP contribution in [0.25, 0.3) is 11.3 Å². The van der Waals surface area contributed by atoms with Crippen LogP contribution in [-0.2, 0) is 11.8 Å². The monoisotopic (exact) mass is 265 g/mol. The van der Waals surface area contributed by atoms with Gasteiger partial charge in [0.15, 0.2) is 0 Å². The van der Waals surface area contributed by atoms with Crippen molar-refractivity contribution in [3.8, 4) is 17.3 Å². The molecule has 0 saturated heterocycles. The van der Waals surface area contributed by atoms with E-state index in [1.807, 2.05) is 6.07 Å². The normalized spacial score (nSPS) is 11.2. The van der Waals surface area contributed by atoms with E-state index in [-0.39, 0.29) is 11.8 Å². The quantitative estimate of drug-likeness (QED) is 0.829. The Morgan fingerprint density at radius 2 is 1.95 bits per heavy atom. The first-order valence-corrected chi connectivity index (χ1v) is 6.72. The third-order valence-corrected chi connectivity index (χ3v) is 3.32. The molecule has 2 aromatic rings. The average Bonchev–Trinajstić information content (AvgIpc) is 2.38. The molecule has 0 N–H and O–H groups in total. The molecule has 0 fully saturated rings. The Labute approximate surface area is 120 Å². The van der Waals surface area contributed by atoms with Gasteiger partial charge in [-0.3, -0.25) is 0 Å². The van der Waals surface area contributed by atoms with Gasteiger partial charge >= 0.3 is 0 Å². The summed E-state index contributed by atoms with van der Waals surface area (Å²) in [6.07, 6.45) is 1.96. The summed E-state index contributed by atoms with van der Waals surface area (Å²) in [7, 11) is 0. The van der Waals surface area contributed by atoms with E-state index in [4.69, 9.17) is 5.26 Å². The van der Waals surface area contributed by atoms with Gasteiger partial charge in [0.05, 0.1) is 18.2 Å². The van der Waals surface area contributed by atoms with Crippen molar-refractivity contribution in [1.29, 1.82) is 5.26 Å². The second-order valence-corrected chi connectivity index (χ2v) is 5.97. The summed E-state index contributed by atoms with van der Waals surface area (Å²) in [6.45, 7) is 8.67. The van der Waals surface area contributed by atoms with Crippen LogP contribution in [0.4, 0.5) is 0 Å². The number of benzene rings is 1. The average molecular weight is 265 g/mol. The Kier molecular flexibility index (Phi) is 3.85. The van der Waals surface area contributed by atoms with Crippen LogP contribution in [0.2, 0.25) is 0 Å². The maximum absolute atomic E-state index is 8.76. The van der Waals surface area contributed by atoms with Crippen LogP contribution in [0.1, 0.15) is 37.7 Å². The fraction of sp³-hybridized carbons (Fsp3) is 0.353. The van der Waals surface area contributed by atoms with Gasteiger partial charge in [0.25, 0.3) is 0 Å². The first kappa shape index (κ1) is 14.2. The molecule has 2 rings (SSSR count). The number of nitriles is 1. The molecule has 20 heavy (non-hydrogen) atoms. The van der Waals surface area contributed by atoms with E-state index in [0.29, 0.717) is 5.82 Å². The molecule has 1 heterocycles. The number of hydrogen-bond donors (Lipinski definition) is 0. The fourth-order valence-electron chi connectivity index (χ4n) is 2.07. The molecular weight excluding hydrogens is 246 g/mol. The minimum Gasteiger partial charge on any atom is -0.240 e. The zero-order valence-corrected chi connectivity index (χ0v) is 12.4. The van der Waals surface area contributed by atoms with Crippen molar-refractivity contribution in [2.24, 2.45) is 0 Å². The van der Waals surface area contributed by atoms with E-state index in [2.05, 4.69) is 61.9 Å². The second-order valence-electron chi connectivity index (χ2n) is 5.97. The summed E-state index contributed by atoms with van der Waals surface area (Å²) in [5.74, 6) is 0.575. The molecule has 0 saturated carbocycles. The molecule has 1 aromatic heterocycles. The van der Waals surface area contributed by atoms with Crippen LogP contribution in [0.5, 0.6) is 0 Å². The summed E-state index contributed by atoms with van der Waals surface area (Å²) in [6, 6.07) is 10.5. The largest absolute Gasteiger partial charge is 0.240 e. The third kappa shape index (κ3) is 3.03. The van der Waals surface area contributed by atoms with Gasteiger partial charge in [-0.05, 0) is 35.6 Å². The molecule has 0 amide bonds. The Balaban J connectivity index is 2.52. The third-order valence-electron chi connectivity index (χ3n) is 3.32. The van der Waals surface area contributed by atoms with Crippen molar-refractivity contribution in [3.63, 3.8) is 0 Å². The van der Waals surface area contributed by atoms with Gasteiger partial charge in [0, 0.05) is 11.8 Å². The van der Waals surface area contributed by atoms with Gasteiger partial charge in [-0.2, -0.15) is 5.26 Å². The molecular formula is C17H19N3. The summed E-state index contributed by atoms with van der Waals surface area (Å²) in [5.41, 5.74) is 4.55. The van der Waals surface area contributed by atoms with Gasteiger partial charge in [-0.25, -0.2) is 9.97 Å². The van der Waals surface area contributed by atoms with Crippen LogP contribution in [0.15, 0.2) is 30.5 Å². The predicted octanol–water partition coefficient (Wildman–Crippen LogP) is 3.82. The summed E-state index contributed by atoms with van der Waals surface area (Å²) in [5, 5.41) is 8.76. The van der Waals surface area contributed by atoms with E-state index in [1.54, 1.807) is 6.20 Å². The molecule has 0 unspecified atom stereocenters. The van der Waals surface area contributed by atoms with Crippen molar-refractivity contribution in [1.82, 2.24) is 9.97 Å². The predicted molar refractivity (Wildman–Crippen MR) is 80.2 cm³/mol. The van der Waals surface area contributed by atoms with Crippen molar-refractivity contribution < 1.29 is 0 Å². The van der Waals surface area contributed by atoms with Crippen LogP contribution in [0, 0.1) is 18.3 Å². The minimum atomic E-state index is 0.102. The molecule has 0 aliphatic rings. The van der Waals surface area contributed by atoms with E-state index in [9.17, 15) is 0 Å². The van der Waals surface area contributed by atoms with Gasteiger partial charge in [-0.1, -0.05) is 32.9 Å². The minimum absolute atomic E-state index is 0.102. The number of aromatic nitrogens is 2. The lowest BCUT2D eigenvalue weighted by Gasteiger charge is -2.20. The smallest absolute Gasteiger partial charge is 0.142 e. The second kappa shape index (κ2) is 5.42. The van der Waals surface area contributed by atoms with E-state index in [1.165, 1.54) is 11.1 Å². The summed E-state index contributed by atoms with van der Waals surface area (Å²) < 4.78 is 0. The van der Waals surface area contributed by atoms with Crippen molar-refractivity contribution in [2.75, 3.05) is 0 Å². The van der Waals surface area contributed by atoms with Crippen molar-refractivity contribution in [2.45, 2.75) is 39.5 Å². The number of nitrogens with zero attached hydrogens (tertiary/aromatic N) is 3. The lowest BCUT2D eigenvalue weighted by Crippen LogP contribution is -2.11. The SMILES string of the molecule is Cc1ccc(C(C)(C)C)cc1-c1ccnc(CC#N)n1. The Bertz CT molecular complexity index is 661. The molecule has 3 nitrogen and oxygen atoms in total. The van der Waals surface area contributed by atoms with Gasteiger partial charge < -0.3 is 0 Å². The molecule has 0 spiro atoms. The molecule has 0 aliphatic heterocycles. The first-order chi connectivity index (χ1) is 9.41. The molecule has 102 valence electrons. The zero-order chi connectivity index (χ0) is 14.8. The highest BCUT2D eigenvalue weighted by Gasteiger charge is 2.15. The van der Waals surface area contributed by atoms with E-state index < -0.39 is 0 Å². The van der Waals surface area contributed by atoms with Gasteiger partial charge in [0.1, 0.15) is 5.82 Å². The maximum Gasteiger partial charge on any atom is 0.142 e. The van der Waals surface area contributed by atoms with Crippen LogP contribution in [0.3, 0.4) is 0 Å². The van der Waals surface area contributed by atoms with Crippen LogP contribution in [-0.4, -0.2) is 9.97 Å². The maximum atomic E-state index is 8.76. The molecule has 0 aliphatic carbocycles. The number of aryl methyl sites for hydroxylation is 1. The highest BCUT2D eigenvalue weighted by Crippen LogP contribution is 2.29. The van der Waals surface area contributed by atoms with Crippen molar-refractivity contribution >= 4 is 0 Å². The molecule has 0 bridgehead atoms. The number of rotatable bonds is 2. The number of hydrogen-bond acceptors (Lipinski definition) is 3. The molecule has 3 heteroatoms. The van der Waals surface area contributed by atoms with E-state index >= 15 is 0 Å². The first-order valence-electron chi connectivity index (χ1n) is 6.72. The lowest BCUT2D eigenvalue weighted by atomic mass is 9.85. The van der Waals surface area contributed by atoms with Crippen LogP contribution >= 0.6 is 0 Å². The topological polar surface area (TPSA) is 49.6 Å². The van der Waals surface area contributed by atoms with Gasteiger partial charge in [0.2, 0.25) is 0 Å². The molecule has 1 aromatic carbocycles. The fourth-order valence-corrected chi connectivity index (χ4v) is 2.07. The van der Waals surface area contributed by atoms with E-state index in [0.717, 1.165) is 11.3 Å². The summed E-state index contributed by atoms with van der Waals surface area (Å²) in [4.78, 5) is 8.60. The zero-order valence-electron chi connectivity index (χ0n) is 12.4. The highest BCUT2D eigenvalue weighted by atomic mass is 14.9. The highest BCUT2D eigenvalue weighted by molar-refractivity contribution is 5.64. The Morgan fingerprint density at radius 1 is 1.20 bits per heavy atom. The summed E-state index contributed by atoms with van der Waals surface area (Å²) >= 11 is 0. The Morgan fingerprint density at radius 3 is 2.60 bits per heavy atom. The standard InChI is InChI=1S/C17H19N3/c1-12-5-6-13(17(2,3)4)11-14(12)15-8-10-19-16(20-15)7-9-18/h5-6,8,10-11H,7H2,1-4H3. The molecule has 0 atom stereocenters. The Hall–Kier alpha value is -2.21. The van der Waals surface area contributed by atoms with Crippen molar-refractivity contribution in [3.05, 3.63) is 47.4 Å². The lowest BCUT2D eigenvalue weighted by molar-refractivity contribution is 0.590. The molecule has 0 radical (unpaired) electrons.